The molecule has 176 valence electrons. The van der Waals surface area contributed by atoms with Gasteiger partial charge in [-0.15, -0.1) is 22.7 Å². The lowest BCUT2D eigenvalue weighted by molar-refractivity contribution is -0.385. The molecule has 9 heteroatoms. The summed E-state index contributed by atoms with van der Waals surface area (Å²) in [5.41, 5.74) is 2.02. The molecule has 2 aromatic heterocycles. The van der Waals surface area contributed by atoms with Gasteiger partial charge < -0.3 is 0 Å². The number of nitro benzene ring substituents is 2. The molecule has 0 fully saturated rings. The van der Waals surface area contributed by atoms with Gasteiger partial charge in [0.15, 0.2) is 0 Å². The van der Waals surface area contributed by atoms with Gasteiger partial charge in [-0.2, -0.15) is 0 Å². The first-order valence-electron chi connectivity index (χ1n) is 10.8. The largest absolute Gasteiger partial charge is 0.269 e. The van der Waals surface area contributed by atoms with E-state index in [0.29, 0.717) is 0 Å². The molecule has 0 radical (unpaired) electrons. The Morgan fingerprint density at radius 1 is 0.600 bits per heavy atom. The van der Waals surface area contributed by atoms with Crippen molar-refractivity contribution in [3.8, 4) is 0 Å². The van der Waals surface area contributed by atoms with Crippen molar-refractivity contribution in [2.45, 2.75) is 13.1 Å². The molecule has 0 aliphatic carbocycles. The van der Waals surface area contributed by atoms with Crippen LogP contribution in [-0.4, -0.2) is 17.9 Å². The normalized spacial score (nSPS) is 11.9. The van der Waals surface area contributed by atoms with E-state index in [1.54, 1.807) is 46.9 Å². The Labute approximate surface area is 211 Å². The highest BCUT2D eigenvalue weighted by Gasteiger charge is 2.29. The van der Waals surface area contributed by atoms with E-state index in [-0.39, 0.29) is 11.4 Å². The molecule has 2 aromatic carbocycles. The van der Waals surface area contributed by atoms with E-state index in [4.69, 9.17) is 0 Å². The second kappa shape index (κ2) is 10.3. The molecular formula is C26H22N2O4S2Si. The predicted molar refractivity (Wildman–Crippen MR) is 149 cm³/mol. The van der Waals surface area contributed by atoms with Crippen LogP contribution in [0.3, 0.4) is 0 Å². The topological polar surface area (TPSA) is 86.3 Å². The Hall–Kier alpha value is -3.66. The summed E-state index contributed by atoms with van der Waals surface area (Å²) >= 11 is 3.57. The SMILES string of the molecule is C[Si](C)(c1ccc(/C=C/c2ccc([N+](=O)[O-])cc2)s1)c1ccc(/C=C/c2ccc([N+](=O)[O-])cc2)s1. The van der Waals surface area contributed by atoms with Gasteiger partial charge in [0.1, 0.15) is 8.07 Å². The summed E-state index contributed by atoms with van der Waals surface area (Å²) in [6.07, 6.45) is 8.04. The zero-order chi connectivity index (χ0) is 25.0. The highest BCUT2D eigenvalue weighted by Crippen LogP contribution is 2.22. The van der Waals surface area contributed by atoms with Crippen LogP contribution in [0.25, 0.3) is 24.3 Å². The molecule has 4 rings (SSSR count). The van der Waals surface area contributed by atoms with Crippen molar-refractivity contribution in [2.75, 3.05) is 0 Å². The zero-order valence-electron chi connectivity index (χ0n) is 19.1. The second-order valence-corrected chi connectivity index (χ2v) is 15.7. The molecule has 4 aromatic rings. The molecule has 35 heavy (non-hydrogen) atoms. The van der Waals surface area contributed by atoms with Crippen LogP contribution in [0.5, 0.6) is 0 Å². The van der Waals surface area contributed by atoms with Crippen LogP contribution in [0.2, 0.25) is 13.1 Å². The number of non-ortho nitro benzene ring substituents is 2. The third kappa shape index (κ3) is 5.89. The van der Waals surface area contributed by atoms with Crippen LogP contribution in [0.1, 0.15) is 20.9 Å². The number of hydrogen-bond donors (Lipinski definition) is 0. The van der Waals surface area contributed by atoms with Crippen molar-refractivity contribution in [1.82, 2.24) is 0 Å². The van der Waals surface area contributed by atoms with Gasteiger partial charge in [0.05, 0.1) is 9.85 Å². The Morgan fingerprint density at radius 2 is 0.971 bits per heavy atom. The van der Waals surface area contributed by atoms with Crippen LogP contribution in [0, 0.1) is 20.2 Å². The van der Waals surface area contributed by atoms with Gasteiger partial charge in [0, 0.05) is 34.0 Å². The summed E-state index contributed by atoms with van der Waals surface area (Å²) in [5.74, 6) is 0. The first-order valence-corrected chi connectivity index (χ1v) is 15.4. The maximum atomic E-state index is 10.8. The number of rotatable bonds is 8. The molecule has 0 atom stereocenters. The molecule has 0 aliphatic heterocycles. The lowest BCUT2D eigenvalue weighted by atomic mass is 10.2. The van der Waals surface area contributed by atoms with Crippen molar-refractivity contribution in [1.29, 1.82) is 0 Å². The van der Waals surface area contributed by atoms with Gasteiger partial charge in [-0.3, -0.25) is 20.2 Å². The number of nitrogens with zero attached hydrogens (tertiary/aromatic N) is 2. The lowest BCUT2D eigenvalue weighted by Gasteiger charge is -2.18. The summed E-state index contributed by atoms with van der Waals surface area (Å²) in [4.78, 5) is 23.1. The minimum atomic E-state index is -1.85. The minimum Gasteiger partial charge on any atom is -0.258 e. The quantitative estimate of drug-likeness (QED) is 0.146. The predicted octanol–water partition coefficient (Wildman–Crippen LogP) is 6.79. The first kappa shape index (κ1) is 24.5. The van der Waals surface area contributed by atoms with Crippen LogP contribution >= 0.6 is 22.7 Å². The van der Waals surface area contributed by atoms with E-state index in [1.807, 2.05) is 24.3 Å². The van der Waals surface area contributed by atoms with Crippen molar-refractivity contribution in [3.63, 3.8) is 0 Å². The molecule has 0 amide bonds. The van der Waals surface area contributed by atoms with Crippen molar-refractivity contribution < 1.29 is 9.85 Å². The molecule has 0 unspecified atom stereocenters. The molecule has 0 N–H and O–H groups in total. The average molecular weight is 519 g/mol. The van der Waals surface area contributed by atoms with E-state index in [9.17, 15) is 20.2 Å². The summed E-state index contributed by atoms with van der Waals surface area (Å²) < 4.78 is 2.77. The minimum absolute atomic E-state index is 0.0891. The molecule has 2 heterocycles. The summed E-state index contributed by atoms with van der Waals surface area (Å²) in [5, 5.41) is 21.6. The molecule has 0 bridgehead atoms. The van der Waals surface area contributed by atoms with E-state index in [1.165, 1.54) is 33.3 Å². The number of benzene rings is 2. The summed E-state index contributed by atoms with van der Waals surface area (Å²) in [6, 6.07) is 21.7. The average Bonchev–Trinajstić information content (AvgIpc) is 3.53. The number of thiophene rings is 2. The standard InChI is InChI=1S/C26H22N2O4S2Si/c1-35(2,25-17-15-23(33-25)13-7-19-3-9-21(10-4-19)27(29)30)26-18-16-24(34-26)14-8-20-5-11-22(12-6-20)28(31)32/h3-18H,1-2H3/b13-7+,14-8+. The monoisotopic (exact) mass is 518 g/mol. The molecule has 0 saturated carbocycles. The Kier molecular flexibility index (Phi) is 7.20. The van der Waals surface area contributed by atoms with Crippen LogP contribution in [-0.2, 0) is 0 Å². The van der Waals surface area contributed by atoms with Gasteiger partial charge in [-0.05, 0) is 68.7 Å². The summed E-state index contributed by atoms with van der Waals surface area (Å²) in [6.45, 7) is 4.69. The highest BCUT2D eigenvalue weighted by molar-refractivity contribution is 7.37. The number of hydrogen-bond acceptors (Lipinski definition) is 6. The smallest absolute Gasteiger partial charge is 0.258 e. The molecular weight excluding hydrogens is 497 g/mol. The fourth-order valence-electron chi connectivity index (χ4n) is 3.45. The maximum absolute atomic E-state index is 10.8. The number of nitro groups is 2. The third-order valence-electron chi connectivity index (χ3n) is 5.57. The van der Waals surface area contributed by atoms with Crippen molar-refractivity contribution in [3.05, 3.63) is 114 Å². The first-order chi connectivity index (χ1) is 16.7. The van der Waals surface area contributed by atoms with E-state index in [2.05, 4.69) is 37.4 Å². The van der Waals surface area contributed by atoms with E-state index in [0.717, 1.165) is 20.9 Å². The second-order valence-electron chi connectivity index (χ2n) is 8.39. The highest BCUT2D eigenvalue weighted by atomic mass is 32.1. The van der Waals surface area contributed by atoms with Crippen LogP contribution < -0.4 is 9.00 Å². The zero-order valence-corrected chi connectivity index (χ0v) is 21.7. The fraction of sp³-hybridized carbons (Fsp3) is 0.0769. The molecule has 0 saturated heterocycles. The lowest BCUT2D eigenvalue weighted by Crippen LogP contribution is -2.49. The Bertz CT molecular complexity index is 1310. The molecule has 0 spiro atoms. The van der Waals surface area contributed by atoms with Crippen LogP contribution in [0.4, 0.5) is 11.4 Å². The van der Waals surface area contributed by atoms with E-state index < -0.39 is 17.9 Å². The van der Waals surface area contributed by atoms with Gasteiger partial charge >= 0.3 is 0 Å². The Morgan fingerprint density at radius 3 is 1.31 bits per heavy atom. The van der Waals surface area contributed by atoms with Crippen molar-refractivity contribution >= 4 is 75.4 Å². The Balaban J connectivity index is 1.45. The molecule has 6 nitrogen and oxygen atoms in total. The molecule has 0 aliphatic rings. The fourth-order valence-corrected chi connectivity index (χ4v) is 9.62. The van der Waals surface area contributed by atoms with Crippen molar-refractivity contribution in [2.24, 2.45) is 0 Å². The van der Waals surface area contributed by atoms with E-state index >= 15 is 0 Å². The van der Waals surface area contributed by atoms with Gasteiger partial charge in [-0.25, -0.2) is 0 Å². The maximum Gasteiger partial charge on any atom is 0.269 e. The van der Waals surface area contributed by atoms with Gasteiger partial charge in [-0.1, -0.05) is 37.4 Å². The van der Waals surface area contributed by atoms with Gasteiger partial charge in [0.25, 0.3) is 11.4 Å². The third-order valence-corrected chi connectivity index (χ3v) is 13.8. The van der Waals surface area contributed by atoms with Crippen LogP contribution in [0.15, 0.2) is 72.8 Å². The van der Waals surface area contributed by atoms with Gasteiger partial charge in [0.2, 0.25) is 0 Å². The summed E-state index contributed by atoms with van der Waals surface area (Å²) in [7, 11) is -1.85.